The second kappa shape index (κ2) is 3.76. The maximum Gasteiger partial charge on any atom is 0.217 e. The van der Waals surface area contributed by atoms with Crippen LogP contribution >= 0.6 is 22.7 Å². The molecule has 0 saturated heterocycles. The number of thiophene rings is 1. The Kier molecular flexibility index (Phi) is 2.26. The van der Waals surface area contributed by atoms with Crippen LogP contribution in [0.5, 0.6) is 0 Å². The highest BCUT2D eigenvalue weighted by atomic mass is 32.1. The molecule has 3 heterocycles. The summed E-state index contributed by atoms with van der Waals surface area (Å²) in [5.74, 6) is 0.633. The van der Waals surface area contributed by atoms with E-state index in [2.05, 4.69) is 20.4 Å². The molecule has 0 unspecified atom stereocenters. The van der Waals surface area contributed by atoms with Gasteiger partial charge in [-0.25, -0.2) is 4.98 Å². The minimum atomic E-state index is 0.633. The van der Waals surface area contributed by atoms with Crippen LogP contribution in [-0.4, -0.2) is 25.2 Å². The van der Waals surface area contributed by atoms with Crippen LogP contribution in [0.25, 0.3) is 21.3 Å². The van der Waals surface area contributed by atoms with Crippen molar-refractivity contribution >= 4 is 22.7 Å². The van der Waals surface area contributed by atoms with E-state index in [0.717, 1.165) is 15.4 Å². The van der Waals surface area contributed by atoms with Crippen LogP contribution in [0.1, 0.15) is 0 Å². The largest absolute Gasteiger partial charge is 0.243 e. The first-order chi connectivity index (χ1) is 7.84. The van der Waals surface area contributed by atoms with E-state index in [4.69, 9.17) is 0 Å². The molecule has 0 saturated carbocycles. The number of aromatic nitrogens is 5. The van der Waals surface area contributed by atoms with Crippen molar-refractivity contribution < 1.29 is 0 Å². The van der Waals surface area contributed by atoms with Gasteiger partial charge >= 0.3 is 0 Å². The van der Waals surface area contributed by atoms with Gasteiger partial charge in [0.25, 0.3) is 0 Å². The SMILES string of the molecule is Cn1nnc(-c2scnc2-c2cccs2)n1. The number of nitrogens with zero attached hydrogens (tertiary/aromatic N) is 5. The van der Waals surface area contributed by atoms with Gasteiger partial charge in [-0.05, 0) is 16.7 Å². The lowest BCUT2D eigenvalue weighted by Crippen LogP contribution is -1.91. The van der Waals surface area contributed by atoms with E-state index < -0.39 is 0 Å². The molecule has 3 rings (SSSR count). The Balaban J connectivity index is 2.13. The fourth-order valence-corrected chi connectivity index (χ4v) is 2.89. The van der Waals surface area contributed by atoms with Crippen molar-refractivity contribution in [2.75, 3.05) is 0 Å². The number of aryl methyl sites for hydroxylation is 1. The molecule has 0 N–H and O–H groups in total. The van der Waals surface area contributed by atoms with Crippen LogP contribution in [0, 0.1) is 0 Å². The highest BCUT2D eigenvalue weighted by molar-refractivity contribution is 7.16. The molecular weight excluding hydrogens is 242 g/mol. The quantitative estimate of drug-likeness (QED) is 0.697. The summed E-state index contributed by atoms with van der Waals surface area (Å²) in [5, 5.41) is 14.1. The lowest BCUT2D eigenvalue weighted by Gasteiger charge is -1.93. The summed E-state index contributed by atoms with van der Waals surface area (Å²) in [6.07, 6.45) is 0. The molecule has 0 spiro atoms. The molecular formula is C9H7N5S2. The van der Waals surface area contributed by atoms with E-state index in [0.29, 0.717) is 5.82 Å². The Bertz CT molecular complexity index is 595. The van der Waals surface area contributed by atoms with Crippen molar-refractivity contribution in [3.63, 3.8) is 0 Å². The van der Waals surface area contributed by atoms with Crippen LogP contribution in [0.3, 0.4) is 0 Å². The van der Waals surface area contributed by atoms with Crippen LogP contribution in [-0.2, 0) is 7.05 Å². The summed E-state index contributed by atoms with van der Waals surface area (Å²) in [5.41, 5.74) is 2.74. The Morgan fingerprint density at radius 3 is 2.94 bits per heavy atom. The highest BCUT2D eigenvalue weighted by Crippen LogP contribution is 2.34. The van der Waals surface area contributed by atoms with Crippen molar-refractivity contribution in [3.8, 4) is 21.3 Å². The van der Waals surface area contributed by atoms with Crippen LogP contribution < -0.4 is 0 Å². The average molecular weight is 249 g/mol. The predicted molar refractivity (Wildman–Crippen MR) is 63.2 cm³/mol. The van der Waals surface area contributed by atoms with E-state index in [9.17, 15) is 0 Å². The summed E-state index contributed by atoms with van der Waals surface area (Å²) in [6.45, 7) is 0. The van der Waals surface area contributed by atoms with Crippen molar-refractivity contribution in [3.05, 3.63) is 23.0 Å². The Morgan fingerprint density at radius 1 is 1.31 bits per heavy atom. The molecule has 0 fully saturated rings. The number of hydrogen-bond acceptors (Lipinski definition) is 6. The van der Waals surface area contributed by atoms with Gasteiger partial charge in [-0.1, -0.05) is 6.07 Å². The van der Waals surface area contributed by atoms with Gasteiger partial charge in [0.1, 0.15) is 10.6 Å². The smallest absolute Gasteiger partial charge is 0.217 e. The first-order valence-corrected chi connectivity index (χ1v) is 6.32. The molecule has 0 aliphatic heterocycles. The lowest BCUT2D eigenvalue weighted by atomic mass is 10.3. The topological polar surface area (TPSA) is 56.5 Å². The summed E-state index contributed by atoms with van der Waals surface area (Å²) < 4.78 is 0. The van der Waals surface area contributed by atoms with Gasteiger partial charge < -0.3 is 0 Å². The zero-order valence-corrected chi connectivity index (χ0v) is 9.99. The van der Waals surface area contributed by atoms with E-state index in [1.54, 1.807) is 23.9 Å². The molecule has 3 aromatic heterocycles. The first kappa shape index (κ1) is 9.61. The lowest BCUT2D eigenvalue weighted by molar-refractivity contribution is 0.630. The van der Waals surface area contributed by atoms with Crippen molar-refractivity contribution in [1.82, 2.24) is 25.2 Å². The molecule has 7 heteroatoms. The van der Waals surface area contributed by atoms with E-state index in [1.165, 1.54) is 16.1 Å². The van der Waals surface area contributed by atoms with Gasteiger partial charge in [-0.15, -0.1) is 32.9 Å². The Morgan fingerprint density at radius 2 is 2.25 bits per heavy atom. The van der Waals surface area contributed by atoms with Crippen LogP contribution in [0.2, 0.25) is 0 Å². The number of thiazole rings is 1. The minimum absolute atomic E-state index is 0.633. The molecule has 0 aliphatic carbocycles. The fourth-order valence-electron chi connectivity index (χ4n) is 1.37. The van der Waals surface area contributed by atoms with Crippen molar-refractivity contribution in [2.45, 2.75) is 0 Å². The third-order valence-electron chi connectivity index (χ3n) is 2.03. The molecule has 3 aromatic rings. The normalized spacial score (nSPS) is 10.8. The zero-order chi connectivity index (χ0) is 11.0. The summed E-state index contributed by atoms with van der Waals surface area (Å²) in [6, 6.07) is 4.05. The first-order valence-electron chi connectivity index (χ1n) is 4.56. The van der Waals surface area contributed by atoms with Crippen LogP contribution in [0.4, 0.5) is 0 Å². The molecule has 5 nitrogen and oxygen atoms in total. The molecule has 0 aromatic carbocycles. The third-order valence-corrected chi connectivity index (χ3v) is 3.73. The maximum absolute atomic E-state index is 4.36. The van der Waals surface area contributed by atoms with Gasteiger partial charge in [0.05, 0.1) is 17.4 Å². The monoisotopic (exact) mass is 249 g/mol. The minimum Gasteiger partial charge on any atom is -0.243 e. The van der Waals surface area contributed by atoms with Crippen molar-refractivity contribution in [1.29, 1.82) is 0 Å². The molecule has 0 radical (unpaired) electrons. The van der Waals surface area contributed by atoms with Gasteiger partial charge in [-0.3, -0.25) is 0 Å². The van der Waals surface area contributed by atoms with Gasteiger partial charge in [-0.2, -0.15) is 4.80 Å². The molecule has 0 atom stereocenters. The summed E-state index contributed by atoms with van der Waals surface area (Å²) in [7, 11) is 1.75. The number of hydrogen-bond donors (Lipinski definition) is 0. The molecule has 0 amide bonds. The molecule has 16 heavy (non-hydrogen) atoms. The van der Waals surface area contributed by atoms with Crippen molar-refractivity contribution in [2.24, 2.45) is 7.05 Å². The number of tetrazole rings is 1. The van der Waals surface area contributed by atoms with Gasteiger partial charge in [0, 0.05) is 0 Å². The van der Waals surface area contributed by atoms with E-state index in [1.807, 2.05) is 17.5 Å². The summed E-state index contributed by atoms with van der Waals surface area (Å²) >= 11 is 3.19. The van der Waals surface area contributed by atoms with E-state index >= 15 is 0 Å². The predicted octanol–water partition coefficient (Wildman–Crippen LogP) is 2.06. The maximum atomic E-state index is 4.36. The highest BCUT2D eigenvalue weighted by Gasteiger charge is 2.15. The fraction of sp³-hybridized carbons (Fsp3) is 0.111. The average Bonchev–Trinajstić information content (AvgIpc) is 2.96. The standard InChI is InChI=1S/C9H7N5S2/c1-14-12-9(11-13-14)8-7(10-5-16-8)6-3-2-4-15-6/h2-5H,1H3. The Labute approximate surface area is 99.4 Å². The third kappa shape index (κ3) is 1.54. The van der Waals surface area contributed by atoms with Gasteiger partial charge in [0.15, 0.2) is 0 Å². The number of rotatable bonds is 2. The second-order valence-electron chi connectivity index (χ2n) is 3.11. The van der Waals surface area contributed by atoms with Crippen LogP contribution in [0.15, 0.2) is 23.0 Å². The summed E-state index contributed by atoms with van der Waals surface area (Å²) in [4.78, 5) is 7.90. The van der Waals surface area contributed by atoms with E-state index in [-0.39, 0.29) is 0 Å². The molecule has 80 valence electrons. The molecule has 0 aliphatic rings. The molecule has 0 bridgehead atoms. The Hall–Kier alpha value is -1.60. The zero-order valence-electron chi connectivity index (χ0n) is 8.36. The van der Waals surface area contributed by atoms with Gasteiger partial charge in [0.2, 0.25) is 5.82 Å². The second-order valence-corrected chi connectivity index (χ2v) is 4.91.